The van der Waals surface area contributed by atoms with Crippen molar-refractivity contribution in [2.75, 3.05) is 39.3 Å². The lowest BCUT2D eigenvalue weighted by Crippen LogP contribution is -2.44. The van der Waals surface area contributed by atoms with Gasteiger partial charge in [-0.3, -0.25) is 0 Å². The molecule has 0 aliphatic carbocycles. The molecule has 0 saturated carbocycles. The van der Waals surface area contributed by atoms with E-state index in [1.54, 1.807) is 0 Å². The molecule has 1 fully saturated rings. The molecule has 1 aliphatic rings. The van der Waals surface area contributed by atoms with Crippen molar-refractivity contribution in [2.45, 2.75) is 32.8 Å². The van der Waals surface area contributed by atoms with Crippen LogP contribution in [-0.4, -0.2) is 49.8 Å². The second-order valence-corrected chi connectivity index (χ2v) is 4.91. The van der Waals surface area contributed by atoms with Crippen LogP contribution in [0.4, 0.5) is 0 Å². The van der Waals surface area contributed by atoms with Crippen LogP contribution in [0.15, 0.2) is 0 Å². The SMILES string of the molecule is CC(C)(C)OCCCN1CCNCC1. The molecule has 0 unspecified atom stereocenters. The number of ether oxygens (including phenoxy) is 1. The van der Waals surface area contributed by atoms with Crippen LogP contribution < -0.4 is 5.32 Å². The first-order valence-corrected chi connectivity index (χ1v) is 5.65. The molecule has 3 nitrogen and oxygen atoms in total. The molecule has 1 aliphatic heterocycles. The molecule has 3 heteroatoms. The topological polar surface area (TPSA) is 24.5 Å². The summed E-state index contributed by atoms with van der Waals surface area (Å²) >= 11 is 0. The van der Waals surface area contributed by atoms with Crippen molar-refractivity contribution in [3.63, 3.8) is 0 Å². The van der Waals surface area contributed by atoms with Crippen LogP contribution in [-0.2, 0) is 4.74 Å². The van der Waals surface area contributed by atoms with E-state index in [4.69, 9.17) is 4.74 Å². The van der Waals surface area contributed by atoms with Gasteiger partial charge in [0.1, 0.15) is 0 Å². The Balaban J connectivity index is 1.97. The predicted molar refractivity (Wildman–Crippen MR) is 59.6 cm³/mol. The van der Waals surface area contributed by atoms with E-state index in [0.717, 1.165) is 26.1 Å². The average molecular weight is 200 g/mol. The summed E-state index contributed by atoms with van der Waals surface area (Å²) in [6, 6.07) is 0. The molecule has 1 N–H and O–H groups in total. The van der Waals surface area contributed by atoms with Crippen LogP contribution in [0.25, 0.3) is 0 Å². The van der Waals surface area contributed by atoms with Crippen molar-refractivity contribution in [3.05, 3.63) is 0 Å². The minimum atomic E-state index is 0.0173. The van der Waals surface area contributed by atoms with Crippen molar-refractivity contribution in [1.82, 2.24) is 10.2 Å². The van der Waals surface area contributed by atoms with Crippen molar-refractivity contribution in [3.8, 4) is 0 Å². The van der Waals surface area contributed by atoms with Crippen LogP contribution >= 0.6 is 0 Å². The van der Waals surface area contributed by atoms with E-state index in [1.807, 2.05) is 0 Å². The molecule has 0 aromatic rings. The van der Waals surface area contributed by atoms with Gasteiger partial charge in [0.05, 0.1) is 5.60 Å². The third-order valence-corrected chi connectivity index (χ3v) is 2.36. The maximum absolute atomic E-state index is 5.68. The summed E-state index contributed by atoms with van der Waals surface area (Å²) < 4.78 is 5.68. The summed E-state index contributed by atoms with van der Waals surface area (Å²) in [5, 5.41) is 3.36. The number of nitrogens with one attached hydrogen (secondary N) is 1. The highest BCUT2D eigenvalue weighted by Gasteiger charge is 2.11. The lowest BCUT2D eigenvalue weighted by Gasteiger charge is -2.27. The molecule has 0 spiro atoms. The summed E-state index contributed by atoms with van der Waals surface area (Å²) in [4.78, 5) is 2.50. The molecule has 0 bridgehead atoms. The maximum atomic E-state index is 5.68. The second kappa shape index (κ2) is 5.69. The van der Waals surface area contributed by atoms with E-state index < -0.39 is 0 Å². The largest absolute Gasteiger partial charge is 0.376 e. The Morgan fingerprint density at radius 1 is 1.21 bits per heavy atom. The minimum Gasteiger partial charge on any atom is -0.376 e. The predicted octanol–water partition coefficient (Wildman–Crippen LogP) is 1.10. The molecular weight excluding hydrogens is 176 g/mol. The Morgan fingerprint density at radius 2 is 1.86 bits per heavy atom. The van der Waals surface area contributed by atoms with Gasteiger partial charge in [0.15, 0.2) is 0 Å². The molecule has 1 heterocycles. The Labute approximate surface area is 87.8 Å². The fraction of sp³-hybridized carbons (Fsp3) is 1.00. The first-order valence-electron chi connectivity index (χ1n) is 5.65. The zero-order valence-corrected chi connectivity index (χ0v) is 9.81. The Morgan fingerprint density at radius 3 is 2.43 bits per heavy atom. The van der Waals surface area contributed by atoms with Crippen LogP contribution in [0.3, 0.4) is 0 Å². The summed E-state index contributed by atoms with van der Waals surface area (Å²) in [7, 11) is 0. The van der Waals surface area contributed by atoms with Crippen molar-refractivity contribution < 1.29 is 4.74 Å². The van der Waals surface area contributed by atoms with Gasteiger partial charge in [-0.2, -0.15) is 0 Å². The van der Waals surface area contributed by atoms with E-state index in [2.05, 4.69) is 31.0 Å². The lowest BCUT2D eigenvalue weighted by atomic mass is 10.2. The molecule has 0 atom stereocenters. The van der Waals surface area contributed by atoms with Gasteiger partial charge in [0.2, 0.25) is 0 Å². The fourth-order valence-corrected chi connectivity index (χ4v) is 1.60. The molecule has 14 heavy (non-hydrogen) atoms. The van der Waals surface area contributed by atoms with Crippen LogP contribution in [0.5, 0.6) is 0 Å². The molecule has 0 aromatic heterocycles. The summed E-state index contributed by atoms with van der Waals surface area (Å²) in [6.45, 7) is 13.0. The van der Waals surface area contributed by atoms with Gasteiger partial charge >= 0.3 is 0 Å². The van der Waals surface area contributed by atoms with Gasteiger partial charge in [-0.15, -0.1) is 0 Å². The van der Waals surface area contributed by atoms with E-state index in [9.17, 15) is 0 Å². The van der Waals surface area contributed by atoms with E-state index >= 15 is 0 Å². The third-order valence-electron chi connectivity index (χ3n) is 2.36. The van der Waals surface area contributed by atoms with Gasteiger partial charge in [-0.05, 0) is 27.2 Å². The van der Waals surface area contributed by atoms with E-state index in [-0.39, 0.29) is 5.60 Å². The van der Waals surface area contributed by atoms with Crippen LogP contribution in [0, 0.1) is 0 Å². The molecule has 0 amide bonds. The molecule has 0 aromatic carbocycles. The van der Waals surface area contributed by atoms with Crippen LogP contribution in [0.2, 0.25) is 0 Å². The average Bonchev–Trinajstić information content (AvgIpc) is 2.13. The standard InChI is InChI=1S/C11H24N2O/c1-11(2,3)14-10-4-7-13-8-5-12-6-9-13/h12H,4-10H2,1-3H3. The normalized spacial score (nSPS) is 19.9. The van der Waals surface area contributed by atoms with Crippen molar-refractivity contribution in [1.29, 1.82) is 0 Å². The maximum Gasteiger partial charge on any atom is 0.0598 e. The monoisotopic (exact) mass is 200 g/mol. The summed E-state index contributed by atoms with van der Waals surface area (Å²) in [6.07, 6.45) is 1.15. The van der Waals surface area contributed by atoms with Gasteiger partial charge in [0, 0.05) is 39.3 Å². The number of piperazine rings is 1. The van der Waals surface area contributed by atoms with Crippen molar-refractivity contribution >= 4 is 0 Å². The lowest BCUT2D eigenvalue weighted by molar-refractivity contribution is -0.00719. The van der Waals surface area contributed by atoms with Crippen molar-refractivity contribution in [2.24, 2.45) is 0 Å². The van der Waals surface area contributed by atoms with E-state index in [0.29, 0.717) is 0 Å². The Kier molecular flexibility index (Phi) is 4.85. The molecule has 84 valence electrons. The molecule has 0 radical (unpaired) electrons. The number of hydrogen-bond donors (Lipinski definition) is 1. The zero-order valence-electron chi connectivity index (χ0n) is 9.81. The number of rotatable bonds is 4. The quantitative estimate of drug-likeness (QED) is 0.688. The van der Waals surface area contributed by atoms with Gasteiger partial charge in [-0.1, -0.05) is 0 Å². The van der Waals surface area contributed by atoms with Crippen LogP contribution in [0.1, 0.15) is 27.2 Å². The molecular formula is C11H24N2O. The molecule has 1 rings (SSSR count). The number of nitrogens with zero attached hydrogens (tertiary/aromatic N) is 1. The Hall–Kier alpha value is -0.120. The summed E-state index contributed by atoms with van der Waals surface area (Å²) in [5.41, 5.74) is 0.0173. The first kappa shape index (κ1) is 12.0. The first-order chi connectivity index (χ1) is 6.58. The fourth-order valence-electron chi connectivity index (χ4n) is 1.60. The van der Waals surface area contributed by atoms with Gasteiger partial charge in [-0.25, -0.2) is 0 Å². The highest BCUT2D eigenvalue weighted by atomic mass is 16.5. The number of hydrogen-bond acceptors (Lipinski definition) is 3. The van der Waals surface area contributed by atoms with E-state index in [1.165, 1.54) is 19.6 Å². The second-order valence-electron chi connectivity index (χ2n) is 4.91. The molecule has 1 saturated heterocycles. The van der Waals surface area contributed by atoms with Gasteiger partial charge in [0.25, 0.3) is 0 Å². The summed E-state index contributed by atoms with van der Waals surface area (Å²) in [5.74, 6) is 0. The smallest absolute Gasteiger partial charge is 0.0598 e. The zero-order chi connectivity index (χ0) is 10.4. The highest BCUT2D eigenvalue weighted by molar-refractivity contribution is 4.67. The minimum absolute atomic E-state index is 0.0173. The van der Waals surface area contributed by atoms with Gasteiger partial charge < -0.3 is 15.0 Å². The Bertz CT molecular complexity index is 148. The third kappa shape index (κ3) is 5.58. The highest BCUT2D eigenvalue weighted by Crippen LogP contribution is 2.07.